The van der Waals surface area contributed by atoms with E-state index in [0.29, 0.717) is 43.4 Å². The van der Waals surface area contributed by atoms with Crippen LogP contribution in [0, 0.1) is 18.6 Å². The average molecular weight is 563 g/mol. The third-order valence-electron chi connectivity index (χ3n) is 7.12. The van der Waals surface area contributed by atoms with Crippen LogP contribution >= 0.6 is 12.4 Å². The Hall–Kier alpha value is -3.32. The van der Waals surface area contributed by atoms with E-state index in [-0.39, 0.29) is 31.0 Å². The van der Waals surface area contributed by atoms with Crippen molar-refractivity contribution in [2.45, 2.75) is 25.5 Å². The van der Waals surface area contributed by atoms with Crippen molar-refractivity contribution < 1.29 is 19.0 Å². The van der Waals surface area contributed by atoms with E-state index in [2.05, 4.69) is 26.0 Å². The maximum atomic E-state index is 13.6. The van der Waals surface area contributed by atoms with Crippen LogP contribution in [0.3, 0.4) is 0 Å². The van der Waals surface area contributed by atoms with E-state index >= 15 is 0 Å². The number of hydrogen-bond donors (Lipinski definition) is 3. The minimum atomic E-state index is -0.564. The Morgan fingerprint density at radius 1 is 1.05 bits per heavy atom. The SMILES string of the molecule is Cc1c(/C=C/CN2CCN(c3cc(F)cc(F)c3)CC2)cnn1-c1cc(N2C[C@@H](O)C[C@H]2CO)nc(N)n1.Cl. The molecule has 0 bridgehead atoms. The zero-order valence-electron chi connectivity index (χ0n) is 21.6. The van der Waals surface area contributed by atoms with Crippen molar-refractivity contribution in [1.29, 1.82) is 0 Å². The number of benzene rings is 1. The summed E-state index contributed by atoms with van der Waals surface area (Å²) in [7, 11) is 0. The summed E-state index contributed by atoms with van der Waals surface area (Å²) < 4.78 is 28.8. The lowest BCUT2D eigenvalue weighted by Gasteiger charge is -2.35. The number of nitrogen functional groups attached to an aromatic ring is 1. The zero-order valence-corrected chi connectivity index (χ0v) is 22.4. The van der Waals surface area contributed by atoms with Crippen molar-refractivity contribution >= 4 is 35.9 Å². The molecule has 0 aliphatic carbocycles. The van der Waals surface area contributed by atoms with Gasteiger partial charge in [0.05, 0.1) is 30.6 Å². The van der Waals surface area contributed by atoms with Gasteiger partial charge in [0.1, 0.15) is 17.5 Å². The summed E-state index contributed by atoms with van der Waals surface area (Å²) in [5, 5.41) is 24.2. The Balaban J connectivity index is 0.00000353. The zero-order chi connectivity index (χ0) is 26.8. The first-order chi connectivity index (χ1) is 18.3. The van der Waals surface area contributed by atoms with Crippen molar-refractivity contribution in [3.8, 4) is 5.82 Å². The number of nitrogens with two attached hydrogens (primary N) is 1. The number of nitrogens with zero attached hydrogens (tertiary/aromatic N) is 7. The van der Waals surface area contributed by atoms with Gasteiger partial charge < -0.3 is 25.7 Å². The highest BCUT2D eigenvalue weighted by atomic mass is 35.5. The van der Waals surface area contributed by atoms with Gasteiger partial charge in [0, 0.05) is 62.7 Å². The minimum absolute atomic E-state index is 0. The molecule has 3 aromatic rings. The maximum absolute atomic E-state index is 13.6. The van der Waals surface area contributed by atoms with Crippen LogP contribution in [-0.4, -0.2) is 92.9 Å². The van der Waals surface area contributed by atoms with Crippen molar-refractivity contribution in [3.63, 3.8) is 0 Å². The molecular weight excluding hydrogens is 530 g/mol. The maximum Gasteiger partial charge on any atom is 0.224 e. The van der Waals surface area contributed by atoms with E-state index in [4.69, 9.17) is 5.73 Å². The molecule has 2 aliphatic rings. The lowest BCUT2D eigenvalue weighted by Crippen LogP contribution is -2.46. The van der Waals surface area contributed by atoms with Crippen LogP contribution in [0.5, 0.6) is 0 Å². The minimum Gasteiger partial charge on any atom is -0.394 e. The first-order valence-electron chi connectivity index (χ1n) is 12.7. The molecule has 210 valence electrons. The molecule has 0 radical (unpaired) electrons. The van der Waals surface area contributed by atoms with Crippen LogP contribution in [-0.2, 0) is 0 Å². The quantitative estimate of drug-likeness (QED) is 0.397. The number of anilines is 3. The summed E-state index contributed by atoms with van der Waals surface area (Å²) >= 11 is 0. The molecule has 0 spiro atoms. The molecule has 0 saturated carbocycles. The van der Waals surface area contributed by atoms with Crippen LogP contribution in [0.2, 0.25) is 0 Å². The summed E-state index contributed by atoms with van der Waals surface area (Å²) in [6.45, 7) is 5.89. The molecule has 4 heterocycles. The number of rotatable bonds is 7. The third-order valence-corrected chi connectivity index (χ3v) is 7.12. The fourth-order valence-corrected chi connectivity index (χ4v) is 5.10. The van der Waals surface area contributed by atoms with Crippen LogP contribution in [0.1, 0.15) is 17.7 Å². The van der Waals surface area contributed by atoms with Gasteiger partial charge >= 0.3 is 0 Å². The average Bonchev–Trinajstić information content (AvgIpc) is 3.45. The normalized spacial score (nSPS) is 20.1. The largest absolute Gasteiger partial charge is 0.394 e. The summed E-state index contributed by atoms with van der Waals surface area (Å²) in [6, 6.07) is 5.15. The molecule has 0 amide bonds. The molecule has 13 heteroatoms. The predicted octanol–water partition coefficient (Wildman–Crippen LogP) is 2.02. The van der Waals surface area contributed by atoms with Crippen LogP contribution in [0.25, 0.3) is 11.9 Å². The molecule has 2 aromatic heterocycles. The number of piperazine rings is 1. The molecule has 2 fully saturated rings. The van der Waals surface area contributed by atoms with Gasteiger partial charge in [-0.25, -0.2) is 13.5 Å². The Morgan fingerprint density at radius 3 is 2.44 bits per heavy atom. The Bertz CT molecular complexity index is 1290. The van der Waals surface area contributed by atoms with E-state index in [1.807, 2.05) is 22.8 Å². The third kappa shape index (κ3) is 6.47. The van der Waals surface area contributed by atoms with E-state index < -0.39 is 17.7 Å². The summed E-state index contributed by atoms with van der Waals surface area (Å²) in [6.07, 6.45) is 5.77. The van der Waals surface area contributed by atoms with E-state index in [0.717, 1.165) is 37.0 Å². The highest BCUT2D eigenvalue weighted by molar-refractivity contribution is 5.85. The second-order valence-electron chi connectivity index (χ2n) is 9.74. The van der Waals surface area contributed by atoms with Gasteiger partial charge in [-0.1, -0.05) is 12.2 Å². The van der Waals surface area contributed by atoms with Gasteiger partial charge in [-0.15, -0.1) is 12.4 Å². The summed E-state index contributed by atoms with van der Waals surface area (Å²) in [5.74, 6) is 0.00301. The van der Waals surface area contributed by atoms with Gasteiger partial charge in [-0.05, 0) is 25.5 Å². The molecule has 1 aromatic carbocycles. The molecule has 4 N–H and O–H groups in total. The number of halogens is 3. The van der Waals surface area contributed by atoms with Gasteiger partial charge in [0.25, 0.3) is 0 Å². The van der Waals surface area contributed by atoms with Crippen LogP contribution in [0.4, 0.5) is 26.2 Å². The molecular formula is C26H33ClF2N8O2. The summed E-state index contributed by atoms with van der Waals surface area (Å²) in [5.41, 5.74) is 8.37. The monoisotopic (exact) mass is 562 g/mol. The van der Waals surface area contributed by atoms with Crippen LogP contribution in [0.15, 0.2) is 36.5 Å². The number of aliphatic hydroxyl groups is 2. The molecule has 2 atom stereocenters. The Kier molecular flexibility index (Phi) is 9.01. The Morgan fingerprint density at radius 2 is 1.74 bits per heavy atom. The van der Waals surface area contributed by atoms with Crippen molar-refractivity contribution in [2.24, 2.45) is 0 Å². The van der Waals surface area contributed by atoms with Gasteiger partial charge in [-0.3, -0.25) is 4.90 Å². The second-order valence-corrected chi connectivity index (χ2v) is 9.74. The van der Waals surface area contributed by atoms with Gasteiger partial charge in [0.2, 0.25) is 5.95 Å². The second kappa shape index (κ2) is 12.2. The standard InChI is InChI=1S/C26H32F2N8O2.ClH/c1-17-18(3-2-4-33-5-7-34(8-6-33)21-10-19(27)9-20(28)11-21)14-30-36(17)25-13-24(31-26(29)32-25)35-15-23(38)12-22(35)16-37;/h2-3,9-11,13-14,22-23,37-38H,4-8,12,15-16H2,1H3,(H2,29,31,32);1H/b3-2+;/t22-,23-;/m0./s1. The number of aromatic nitrogens is 4. The smallest absolute Gasteiger partial charge is 0.224 e. The molecule has 10 nitrogen and oxygen atoms in total. The first-order valence-corrected chi connectivity index (χ1v) is 12.7. The number of aliphatic hydroxyl groups excluding tert-OH is 2. The Labute approximate surface area is 231 Å². The van der Waals surface area contributed by atoms with Crippen molar-refractivity contribution in [2.75, 3.05) is 61.4 Å². The number of hydrogen-bond acceptors (Lipinski definition) is 9. The summed E-state index contributed by atoms with van der Waals surface area (Å²) in [4.78, 5) is 14.8. The van der Waals surface area contributed by atoms with E-state index in [1.54, 1.807) is 16.9 Å². The first kappa shape index (κ1) is 28.7. The molecule has 2 saturated heterocycles. The predicted molar refractivity (Wildman–Crippen MR) is 148 cm³/mol. The topological polar surface area (TPSA) is 120 Å². The fourth-order valence-electron chi connectivity index (χ4n) is 5.10. The highest BCUT2D eigenvalue weighted by Gasteiger charge is 2.32. The highest BCUT2D eigenvalue weighted by Crippen LogP contribution is 2.27. The van der Waals surface area contributed by atoms with Gasteiger partial charge in [-0.2, -0.15) is 15.1 Å². The lowest BCUT2D eigenvalue weighted by molar-refractivity contribution is 0.184. The van der Waals surface area contributed by atoms with Crippen molar-refractivity contribution in [3.05, 3.63) is 59.4 Å². The van der Waals surface area contributed by atoms with E-state index in [1.165, 1.54) is 12.1 Å². The molecule has 2 aliphatic heterocycles. The molecule has 39 heavy (non-hydrogen) atoms. The molecule has 0 unspecified atom stereocenters. The van der Waals surface area contributed by atoms with Crippen molar-refractivity contribution in [1.82, 2.24) is 24.6 Å². The van der Waals surface area contributed by atoms with Gasteiger partial charge in [0.15, 0.2) is 5.82 Å². The lowest BCUT2D eigenvalue weighted by atomic mass is 10.2. The molecule has 5 rings (SSSR count). The fraction of sp³-hybridized carbons (Fsp3) is 0.423. The number of β-amino-alcohol motifs (C(OH)–C–C–N with tert-alkyl or cyclic N) is 1. The van der Waals surface area contributed by atoms with E-state index in [9.17, 15) is 19.0 Å². The van der Waals surface area contributed by atoms with Crippen LogP contribution < -0.4 is 15.5 Å².